The first-order chi connectivity index (χ1) is 11.3. The van der Waals surface area contributed by atoms with Crippen molar-refractivity contribution in [3.05, 3.63) is 23.9 Å². The Labute approximate surface area is 136 Å². The second-order valence-electron chi connectivity index (χ2n) is 5.99. The Morgan fingerprint density at radius 3 is 2.75 bits per heavy atom. The van der Waals surface area contributed by atoms with E-state index < -0.39 is 24.0 Å². The largest absolute Gasteiger partial charge is 0.472 e. The number of carbonyl (C=O) groups excluding carboxylic acids is 1. The summed E-state index contributed by atoms with van der Waals surface area (Å²) in [5.41, 5.74) is -0.842. The molecule has 24 heavy (non-hydrogen) atoms. The van der Waals surface area contributed by atoms with E-state index in [0.29, 0.717) is 19.5 Å². The molecule has 1 aromatic rings. The average Bonchev–Trinajstić information content (AvgIpc) is 3.15. The molecule has 132 valence electrons. The van der Waals surface area contributed by atoms with Gasteiger partial charge < -0.3 is 15.0 Å². The van der Waals surface area contributed by atoms with Crippen molar-refractivity contribution in [3.8, 4) is 5.88 Å². The number of rotatable bonds is 3. The molecule has 1 amide bonds. The smallest absolute Gasteiger partial charge is 0.417 e. The Balaban J connectivity index is 1.53. The maximum Gasteiger partial charge on any atom is 0.417 e. The average molecular weight is 347 g/mol. The van der Waals surface area contributed by atoms with E-state index in [4.69, 9.17) is 4.74 Å². The lowest BCUT2D eigenvalue weighted by Gasteiger charge is -2.20. The summed E-state index contributed by atoms with van der Waals surface area (Å²) in [5.74, 6) is -0.0771. The van der Waals surface area contributed by atoms with E-state index in [1.165, 1.54) is 6.07 Å². The first kappa shape index (κ1) is 16.9. The summed E-state index contributed by atoms with van der Waals surface area (Å²) in [4.78, 5) is 17.5. The molecule has 3 rings (SSSR count). The lowest BCUT2D eigenvalue weighted by atomic mass is 10.2. The summed E-state index contributed by atoms with van der Waals surface area (Å²) in [6.07, 6.45) is -4.34. The van der Waals surface area contributed by atoms with Gasteiger partial charge in [-0.25, -0.2) is 9.37 Å². The van der Waals surface area contributed by atoms with Crippen molar-refractivity contribution in [2.24, 2.45) is 0 Å². The van der Waals surface area contributed by atoms with Crippen molar-refractivity contribution in [1.82, 2.24) is 15.2 Å². The van der Waals surface area contributed by atoms with Crippen molar-refractivity contribution in [2.45, 2.75) is 37.3 Å². The third-order valence-corrected chi connectivity index (χ3v) is 4.18. The van der Waals surface area contributed by atoms with E-state index >= 15 is 0 Å². The third kappa shape index (κ3) is 3.77. The van der Waals surface area contributed by atoms with E-state index in [0.717, 1.165) is 12.3 Å². The monoisotopic (exact) mass is 347 g/mol. The van der Waals surface area contributed by atoms with Crippen LogP contribution in [0.2, 0.25) is 0 Å². The van der Waals surface area contributed by atoms with Crippen LogP contribution in [-0.2, 0) is 11.0 Å². The molecule has 0 spiro atoms. The molecule has 0 saturated carbocycles. The number of pyridine rings is 1. The van der Waals surface area contributed by atoms with Gasteiger partial charge in [0.05, 0.1) is 18.2 Å². The van der Waals surface area contributed by atoms with Crippen molar-refractivity contribution in [1.29, 1.82) is 0 Å². The van der Waals surface area contributed by atoms with Gasteiger partial charge in [-0.15, -0.1) is 0 Å². The molecule has 0 bridgehead atoms. The molecule has 3 heterocycles. The van der Waals surface area contributed by atoms with Crippen LogP contribution in [0.5, 0.6) is 5.88 Å². The Hall–Kier alpha value is -1.90. The van der Waals surface area contributed by atoms with Gasteiger partial charge in [0.2, 0.25) is 11.8 Å². The van der Waals surface area contributed by atoms with Crippen LogP contribution in [0.3, 0.4) is 0 Å². The highest BCUT2D eigenvalue weighted by Gasteiger charge is 2.36. The van der Waals surface area contributed by atoms with Gasteiger partial charge in [-0.3, -0.25) is 4.79 Å². The fourth-order valence-electron chi connectivity index (χ4n) is 2.91. The minimum atomic E-state index is -4.44. The van der Waals surface area contributed by atoms with E-state index in [1.54, 1.807) is 4.90 Å². The van der Waals surface area contributed by atoms with Crippen LogP contribution in [0.1, 0.15) is 18.4 Å². The maximum absolute atomic E-state index is 13.2. The number of amides is 1. The van der Waals surface area contributed by atoms with E-state index in [9.17, 15) is 22.4 Å². The van der Waals surface area contributed by atoms with Crippen molar-refractivity contribution >= 4 is 5.91 Å². The Morgan fingerprint density at radius 1 is 1.38 bits per heavy atom. The van der Waals surface area contributed by atoms with Crippen LogP contribution in [0, 0.1) is 0 Å². The molecule has 2 saturated heterocycles. The van der Waals surface area contributed by atoms with Crippen LogP contribution in [-0.4, -0.2) is 53.7 Å². The molecule has 1 aromatic heterocycles. The molecule has 2 fully saturated rings. The predicted octanol–water partition coefficient (Wildman–Crippen LogP) is 1.78. The Bertz CT molecular complexity index is 593. The number of ether oxygens (including phenoxy) is 1. The molecule has 2 aliphatic heterocycles. The molecule has 9 heteroatoms. The molecule has 0 aromatic carbocycles. The topological polar surface area (TPSA) is 54.5 Å². The fraction of sp³-hybridized carbons (Fsp3) is 0.600. The van der Waals surface area contributed by atoms with E-state index in [2.05, 4.69) is 10.3 Å². The Kier molecular flexibility index (Phi) is 4.62. The summed E-state index contributed by atoms with van der Waals surface area (Å²) in [7, 11) is 0. The van der Waals surface area contributed by atoms with Crippen LogP contribution in [0.25, 0.3) is 0 Å². The number of hydrogen-bond donors (Lipinski definition) is 1. The normalized spacial score (nSPS) is 27.5. The van der Waals surface area contributed by atoms with Gasteiger partial charge >= 0.3 is 6.18 Å². The Morgan fingerprint density at radius 2 is 2.17 bits per heavy atom. The van der Waals surface area contributed by atoms with Gasteiger partial charge in [-0.2, -0.15) is 13.2 Å². The van der Waals surface area contributed by atoms with Crippen molar-refractivity contribution in [2.75, 3.05) is 19.6 Å². The SMILES string of the molecule is O=C([C@H]1C[C@H](F)CN1)N1CC[C@@H](Oc2ccc(C(F)(F)F)cn2)C1. The van der Waals surface area contributed by atoms with Gasteiger partial charge in [0.25, 0.3) is 0 Å². The van der Waals surface area contributed by atoms with Crippen molar-refractivity contribution < 1.29 is 27.1 Å². The number of likely N-dealkylation sites (tertiary alicyclic amines) is 1. The highest BCUT2D eigenvalue weighted by molar-refractivity contribution is 5.82. The zero-order valence-corrected chi connectivity index (χ0v) is 12.7. The second-order valence-corrected chi connectivity index (χ2v) is 5.99. The number of alkyl halides is 4. The van der Waals surface area contributed by atoms with Crippen LogP contribution in [0.4, 0.5) is 17.6 Å². The molecule has 0 unspecified atom stereocenters. The number of carbonyl (C=O) groups is 1. The zero-order chi connectivity index (χ0) is 17.3. The lowest BCUT2D eigenvalue weighted by Crippen LogP contribution is -2.43. The summed E-state index contributed by atoms with van der Waals surface area (Å²) < 4.78 is 56.1. The molecular formula is C15H17F4N3O2. The number of hydrogen-bond acceptors (Lipinski definition) is 4. The van der Waals surface area contributed by atoms with E-state index in [-0.39, 0.29) is 30.9 Å². The molecule has 0 aliphatic carbocycles. The zero-order valence-electron chi connectivity index (χ0n) is 12.7. The number of aromatic nitrogens is 1. The number of nitrogens with zero attached hydrogens (tertiary/aromatic N) is 2. The quantitative estimate of drug-likeness (QED) is 0.847. The van der Waals surface area contributed by atoms with Gasteiger partial charge in [-0.1, -0.05) is 0 Å². The highest BCUT2D eigenvalue weighted by Crippen LogP contribution is 2.29. The summed E-state index contributed by atoms with van der Waals surface area (Å²) in [6.45, 7) is 0.968. The minimum Gasteiger partial charge on any atom is -0.472 e. The fourth-order valence-corrected chi connectivity index (χ4v) is 2.91. The molecule has 3 atom stereocenters. The molecule has 0 radical (unpaired) electrons. The van der Waals surface area contributed by atoms with Crippen LogP contribution in [0.15, 0.2) is 18.3 Å². The highest BCUT2D eigenvalue weighted by atomic mass is 19.4. The van der Waals surface area contributed by atoms with Crippen molar-refractivity contribution in [3.63, 3.8) is 0 Å². The summed E-state index contributed by atoms with van der Waals surface area (Å²) >= 11 is 0. The first-order valence-corrected chi connectivity index (χ1v) is 7.69. The van der Waals surface area contributed by atoms with Gasteiger partial charge in [0.15, 0.2) is 0 Å². The van der Waals surface area contributed by atoms with Gasteiger partial charge in [0.1, 0.15) is 12.3 Å². The third-order valence-electron chi connectivity index (χ3n) is 4.18. The first-order valence-electron chi connectivity index (χ1n) is 7.69. The summed E-state index contributed by atoms with van der Waals surface area (Å²) in [5, 5.41) is 2.84. The van der Waals surface area contributed by atoms with Gasteiger partial charge in [-0.05, 0) is 6.07 Å². The maximum atomic E-state index is 13.2. The predicted molar refractivity (Wildman–Crippen MR) is 76.2 cm³/mol. The molecule has 1 N–H and O–H groups in total. The number of halogens is 4. The van der Waals surface area contributed by atoms with Crippen LogP contribution >= 0.6 is 0 Å². The summed E-state index contributed by atoms with van der Waals surface area (Å²) in [6, 6.07) is 1.56. The second kappa shape index (κ2) is 6.54. The van der Waals surface area contributed by atoms with E-state index in [1.807, 2.05) is 0 Å². The lowest BCUT2D eigenvalue weighted by molar-refractivity contribution is -0.138. The van der Waals surface area contributed by atoms with Gasteiger partial charge in [0, 0.05) is 38.2 Å². The molecule has 2 aliphatic rings. The van der Waals surface area contributed by atoms with Crippen LogP contribution < -0.4 is 10.1 Å². The minimum absolute atomic E-state index is 0.0881. The standard InChI is InChI=1S/C15H17F4N3O2/c16-10-5-12(20-7-10)14(23)22-4-3-11(8-22)24-13-2-1-9(6-21-13)15(17,18)19/h1-2,6,10-12,20H,3-5,7-8H2/t10-,11+,12+/m0/s1. The number of nitrogens with one attached hydrogen (secondary N) is 1. The molecular weight excluding hydrogens is 330 g/mol. The molecule has 5 nitrogen and oxygen atoms in total.